The van der Waals surface area contributed by atoms with Crippen molar-refractivity contribution < 1.29 is 27.8 Å². The Hall–Kier alpha value is -2.74. The summed E-state index contributed by atoms with van der Waals surface area (Å²) in [6.45, 7) is 3.74. The molecule has 0 aliphatic rings. The van der Waals surface area contributed by atoms with Crippen molar-refractivity contribution in [3.8, 4) is 11.5 Å². The predicted molar refractivity (Wildman–Crippen MR) is 98.0 cm³/mol. The molecular weight excluding hydrogens is 358 g/mol. The number of sulfonamides is 1. The third-order valence-electron chi connectivity index (χ3n) is 3.91. The van der Waals surface area contributed by atoms with Crippen molar-refractivity contribution >= 4 is 21.7 Å². The minimum absolute atomic E-state index is 0.0276. The van der Waals surface area contributed by atoms with Crippen LogP contribution in [0.1, 0.15) is 21.5 Å². The van der Waals surface area contributed by atoms with Crippen molar-refractivity contribution in [1.82, 2.24) is 0 Å². The van der Waals surface area contributed by atoms with E-state index in [-0.39, 0.29) is 22.0 Å². The maximum absolute atomic E-state index is 13.0. The second-order valence-corrected chi connectivity index (χ2v) is 7.80. The second kappa shape index (κ2) is 7.25. The number of methoxy groups -OCH3 is 2. The van der Waals surface area contributed by atoms with Gasteiger partial charge in [-0.1, -0.05) is 6.07 Å². The first kappa shape index (κ1) is 19.6. The lowest BCUT2D eigenvalue weighted by molar-refractivity contribution is 0.0692. The fraction of sp³-hybridized carbons (Fsp3) is 0.278. The van der Waals surface area contributed by atoms with Gasteiger partial charge in [0.25, 0.3) is 10.0 Å². The molecule has 0 heterocycles. The predicted octanol–water partition coefficient (Wildman–Crippen LogP) is 2.84. The van der Waals surface area contributed by atoms with Crippen molar-refractivity contribution in [2.75, 3.05) is 25.6 Å². The van der Waals surface area contributed by atoms with Crippen LogP contribution in [-0.4, -0.2) is 40.8 Å². The number of anilines is 1. The van der Waals surface area contributed by atoms with E-state index in [4.69, 9.17) is 9.47 Å². The van der Waals surface area contributed by atoms with Gasteiger partial charge in [0.2, 0.25) is 0 Å². The highest BCUT2D eigenvalue weighted by molar-refractivity contribution is 7.92. The molecular formula is C18H21NO6S. The van der Waals surface area contributed by atoms with Crippen molar-refractivity contribution in [1.29, 1.82) is 0 Å². The zero-order valence-electron chi connectivity index (χ0n) is 15.2. The molecule has 0 saturated carbocycles. The number of carboxylic acids is 1. The molecule has 0 amide bonds. The highest BCUT2D eigenvalue weighted by atomic mass is 32.2. The molecule has 8 heteroatoms. The van der Waals surface area contributed by atoms with Gasteiger partial charge < -0.3 is 14.6 Å². The van der Waals surface area contributed by atoms with Crippen molar-refractivity contribution in [2.24, 2.45) is 0 Å². The number of benzene rings is 2. The molecule has 0 spiro atoms. The lowest BCUT2D eigenvalue weighted by atomic mass is 10.1. The molecule has 140 valence electrons. The molecule has 2 aromatic rings. The van der Waals surface area contributed by atoms with Crippen LogP contribution in [0, 0.1) is 13.8 Å². The van der Waals surface area contributed by atoms with Crippen LogP contribution in [0.3, 0.4) is 0 Å². The highest BCUT2D eigenvalue weighted by Gasteiger charge is 2.27. The van der Waals surface area contributed by atoms with Gasteiger partial charge in [0.1, 0.15) is 5.56 Å². The van der Waals surface area contributed by atoms with E-state index >= 15 is 0 Å². The fourth-order valence-corrected chi connectivity index (χ4v) is 3.90. The second-order valence-electron chi connectivity index (χ2n) is 5.83. The number of aryl methyl sites for hydroxylation is 2. The first-order valence-electron chi connectivity index (χ1n) is 7.68. The van der Waals surface area contributed by atoms with Gasteiger partial charge in [-0.2, -0.15) is 0 Å². The first-order valence-corrected chi connectivity index (χ1v) is 9.12. The molecule has 0 bridgehead atoms. The fourth-order valence-electron chi connectivity index (χ4n) is 2.68. The van der Waals surface area contributed by atoms with Gasteiger partial charge in [0.05, 0.1) is 24.8 Å². The molecule has 7 nitrogen and oxygen atoms in total. The number of carboxylic acid groups (broad SMARTS) is 1. The molecule has 26 heavy (non-hydrogen) atoms. The molecule has 1 N–H and O–H groups in total. The number of rotatable bonds is 6. The minimum Gasteiger partial charge on any atom is -0.493 e. The summed E-state index contributed by atoms with van der Waals surface area (Å²) in [4.78, 5) is 11.3. The Morgan fingerprint density at radius 3 is 2.04 bits per heavy atom. The van der Waals surface area contributed by atoms with E-state index in [1.54, 1.807) is 12.1 Å². The molecule has 0 atom stereocenters. The zero-order valence-corrected chi connectivity index (χ0v) is 16.0. The molecule has 0 saturated heterocycles. The third-order valence-corrected chi connectivity index (χ3v) is 5.67. The van der Waals surface area contributed by atoms with Crippen LogP contribution in [0.4, 0.5) is 5.69 Å². The Labute approximate surface area is 152 Å². The first-order chi connectivity index (χ1) is 12.1. The van der Waals surface area contributed by atoms with Gasteiger partial charge in [-0.25, -0.2) is 13.2 Å². The average Bonchev–Trinajstić information content (AvgIpc) is 2.58. The maximum atomic E-state index is 13.0. The van der Waals surface area contributed by atoms with E-state index in [0.717, 1.165) is 21.5 Å². The van der Waals surface area contributed by atoms with Gasteiger partial charge in [0.15, 0.2) is 11.5 Å². The Morgan fingerprint density at radius 2 is 1.58 bits per heavy atom. The maximum Gasteiger partial charge on any atom is 0.339 e. The van der Waals surface area contributed by atoms with Crippen LogP contribution in [-0.2, 0) is 10.0 Å². The van der Waals surface area contributed by atoms with Gasteiger partial charge in [-0.05, 0) is 43.2 Å². The topological polar surface area (TPSA) is 93.1 Å². The summed E-state index contributed by atoms with van der Waals surface area (Å²) in [5.74, 6) is -1.32. The Morgan fingerprint density at radius 1 is 1.00 bits per heavy atom. The average molecular weight is 379 g/mol. The van der Waals surface area contributed by atoms with Crippen LogP contribution in [0.5, 0.6) is 11.5 Å². The van der Waals surface area contributed by atoms with E-state index in [9.17, 15) is 18.3 Å². The number of carbonyl (C=O) groups is 1. The Kier molecular flexibility index (Phi) is 5.46. The molecule has 2 aromatic carbocycles. The summed E-state index contributed by atoms with van der Waals surface area (Å²) >= 11 is 0. The highest BCUT2D eigenvalue weighted by Crippen LogP contribution is 2.35. The monoisotopic (exact) mass is 379 g/mol. The Bertz CT molecular complexity index is 932. The van der Waals surface area contributed by atoms with Crippen LogP contribution in [0.25, 0.3) is 0 Å². The van der Waals surface area contributed by atoms with E-state index < -0.39 is 16.0 Å². The number of aromatic carboxylic acids is 1. The SMILES string of the molecule is COc1cc(S(=O)(=O)N(C)c2cc(C)cc(C)c2)cc(C(=O)O)c1OC. The summed E-state index contributed by atoms with van der Waals surface area (Å²) in [5.41, 5.74) is 2.02. The van der Waals surface area contributed by atoms with Crippen LogP contribution in [0.15, 0.2) is 35.2 Å². The Balaban J connectivity index is 2.65. The molecule has 0 fully saturated rings. The van der Waals surface area contributed by atoms with Crippen LogP contribution in [0.2, 0.25) is 0 Å². The summed E-state index contributed by atoms with van der Waals surface area (Å²) in [6, 6.07) is 7.73. The van der Waals surface area contributed by atoms with Gasteiger partial charge in [-0.15, -0.1) is 0 Å². The smallest absolute Gasteiger partial charge is 0.339 e. The van der Waals surface area contributed by atoms with E-state index in [2.05, 4.69) is 0 Å². The summed E-state index contributed by atoms with van der Waals surface area (Å²) in [7, 11) is 0.0174. The largest absolute Gasteiger partial charge is 0.493 e. The van der Waals surface area contributed by atoms with Crippen LogP contribution < -0.4 is 13.8 Å². The third kappa shape index (κ3) is 3.60. The zero-order chi connectivity index (χ0) is 19.6. The summed E-state index contributed by atoms with van der Waals surface area (Å²) in [6.07, 6.45) is 0. The standard InChI is InChI=1S/C18H21NO6S/c1-11-6-12(2)8-13(7-11)19(3)26(22,23)14-9-15(18(20)21)17(25-5)16(10-14)24-4/h6-10H,1-5H3,(H,20,21). The number of hydrogen-bond acceptors (Lipinski definition) is 5. The van der Waals surface area contributed by atoms with Gasteiger partial charge in [-0.3, -0.25) is 4.31 Å². The summed E-state index contributed by atoms with van der Waals surface area (Å²) in [5, 5.41) is 9.39. The molecule has 2 rings (SSSR count). The van der Waals surface area contributed by atoms with E-state index in [1.165, 1.54) is 27.3 Å². The van der Waals surface area contributed by atoms with E-state index in [0.29, 0.717) is 5.69 Å². The van der Waals surface area contributed by atoms with Crippen molar-refractivity contribution in [3.63, 3.8) is 0 Å². The van der Waals surface area contributed by atoms with Crippen molar-refractivity contribution in [2.45, 2.75) is 18.7 Å². The molecule has 0 aliphatic carbocycles. The molecule has 0 radical (unpaired) electrons. The van der Waals surface area contributed by atoms with Gasteiger partial charge in [0, 0.05) is 13.1 Å². The lowest BCUT2D eigenvalue weighted by Gasteiger charge is -2.22. The lowest BCUT2D eigenvalue weighted by Crippen LogP contribution is -2.27. The molecule has 0 aliphatic heterocycles. The van der Waals surface area contributed by atoms with Gasteiger partial charge >= 0.3 is 5.97 Å². The minimum atomic E-state index is -4.00. The number of hydrogen-bond donors (Lipinski definition) is 1. The van der Waals surface area contributed by atoms with Crippen molar-refractivity contribution in [3.05, 3.63) is 47.0 Å². The number of nitrogens with zero attached hydrogens (tertiary/aromatic N) is 1. The normalized spacial score (nSPS) is 11.1. The van der Waals surface area contributed by atoms with E-state index in [1.807, 2.05) is 19.9 Å². The molecule has 0 aromatic heterocycles. The molecule has 0 unspecified atom stereocenters. The van der Waals surface area contributed by atoms with Crippen LogP contribution >= 0.6 is 0 Å². The quantitative estimate of drug-likeness (QED) is 0.830. The summed E-state index contributed by atoms with van der Waals surface area (Å²) < 4.78 is 37.4. The number of ether oxygens (including phenoxy) is 2.